The molecule has 1 N–H and O–H groups in total. The molecule has 1 aromatic heterocycles. The Hall–Kier alpha value is -3.12. The Kier molecular flexibility index (Phi) is 5.86. The zero-order valence-corrected chi connectivity index (χ0v) is 17.5. The highest BCUT2D eigenvalue weighted by Gasteiger charge is 2.29. The Balaban J connectivity index is 1.65. The van der Waals surface area contributed by atoms with Crippen molar-refractivity contribution in [3.8, 4) is 16.9 Å². The Morgan fingerprint density at radius 3 is 2.33 bits per heavy atom. The van der Waals surface area contributed by atoms with Crippen LogP contribution in [0.3, 0.4) is 0 Å². The number of nitrogens with zero attached hydrogens (tertiary/aromatic N) is 3. The number of rotatable bonds is 4. The van der Waals surface area contributed by atoms with Gasteiger partial charge in [-0.2, -0.15) is 5.10 Å². The minimum Gasteiger partial charge on any atom is -0.359 e. The highest BCUT2D eigenvalue weighted by Crippen LogP contribution is 2.26. The minimum atomic E-state index is -0.0816. The molecule has 1 aliphatic rings. The summed E-state index contributed by atoms with van der Waals surface area (Å²) in [5.74, 6) is -0.0777. The second kappa shape index (κ2) is 8.71. The van der Waals surface area contributed by atoms with Crippen LogP contribution >= 0.6 is 11.6 Å². The summed E-state index contributed by atoms with van der Waals surface area (Å²) in [4.78, 5) is 27.1. The van der Waals surface area contributed by atoms with E-state index in [1.165, 1.54) is 0 Å². The molecule has 0 atom stereocenters. The van der Waals surface area contributed by atoms with E-state index in [9.17, 15) is 9.59 Å². The molecule has 0 saturated carbocycles. The molecule has 154 valence electrons. The van der Waals surface area contributed by atoms with E-state index in [2.05, 4.69) is 5.32 Å². The number of halogens is 1. The number of amides is 2. The van der Waals surface area contributed by atoms with E-state index in [1.807, 2.05) is 65.6 Å². The molecule has 0 aliphatic carbocycles. The topological polar surface area (TPSA) is 67.2 Å². The number of nitrogens with one attached hydrogen (secondary N) is 1. The lowest BCUT2D eigenvalue weighted by atomic mass is 9.96. The molecule has 7 heteroatoms. The first-order valence-electron chi connectivity index (χ1n) is 9.99. The quantitative estimate of drug-likeness (QED) is 0.695. The maximum Gasteiger partial charge on any atom is 0.272 e. The molecule has 1 saturated heterocycles. The molecular weight excluding hydrogens is 400 g/mol. The SMILES string of the molecule is CNC(=O)C1CCN(C(=O)c2cc(-c3ccc(Cl)cc3)nn2-c2ccccc2)CC1. The summed E-state index contributed by atoms with van der Waals surface area (Å²) in [5.41, 5.74) is 2.92. The summed E-state index contributed by atoms with van der Waals surface area (Å²) < 4.78 is 1.69. The van der Waals surface area contributed by atoms with Gasteiger partial charge in [-0.05, 0) is 43.2 Å². The van der Waals surface area contributed by atoms with Crippen LogP contribution in [0.1, 0.15) is 23.3 Å². The van der Waals surface area contributed by atoms with Crippen molar-refractivity contribution in [3.63, 3.8) is 0 Å². The molecule has 0 radical (unpaired) electrons. The van der Waals surface area contributed by atoms with E-state index in [0.717, 1.165) is 11.3 Å². The smallest absolute Gasteiger partial charge is 0.272 e. The third-order valence-corrected chi connectivity index (χ3v) is 5.72. The summed E-state index contributed by atoms with van der Waals surface area (Å²) in [6.45, 7) is 1.10. The highest BCUT2D eigenvalue weighted by atomic mass is 35.5. The molecule has 2 aromatic carbocycles. The van der Waals surface area contributed by atoms with Gasteiger partial charge in [0.05, 0.1) is 11.4 Å². The second-order valence-electron chi connectivity index (χ2n) is 7.35. The van der Waals surface area contributed by atoms with Crippen LogP contribution in [-0.4, -0.2) is 46.6 Å². The number of aromatic nitrogens is 2. The number of piperidine rings is 1. The monoisotopic (exact) mass is 422 g/mol. The fourth-order valence-corrected chi connectivity index (χ4v) is 3.90. The largest absolute Gasteiger partial charge is 0.359 e. The van der Waals surface area contributed by atoms with Gasteiger partial charge >= 0.3 is 0 Å². The molecule has 3 aromatic rings. The van der Waals surface area contributed by atoms with Crippen molar-refractivity contribution >= 4 is 23.4 Å². The van der Waals surface area contributed by atoms with Gasteiger partial charge in [-0.1, -0.05) is 41.9 Å². The second-order valence-corrected chi connectivity index (χ2v) is 7.79. The average Bonchev–Trinajstić information content (AvgIpc) is 3.24. The van der Waals surface area contributed by atoms with E-state index >= 15 is 0 Å². The van der Waals surface area contributed by atoms with E-state index in [1.54, 1.807) is 11.7 Å². The van der Waals surface area contributed by atoms with Gasteiger partial charge in [0.1, 0.15) is 5.69 Å². The fourth-order valence-electron chi connectivity index (χ4n) is 3.77. The Labute approximate surface area is 180 Å². The number of carbonyl (C=O) groups excluding carboxylic acids is 2. The normalized spacial score (nSPS) is 14.5. The summed E-state index contributed by atoms with van der Waals surface area (Å²) >= 11 is 6.01. The number of hydrogen-bond donors (Lipinski definition) is 1. The third-order valence-electron chi connectivity index (χ3n) is 5.47. The van der Waals surface area contributed by atoms with E-state index in [4.69, 9.17) is 16.7 Å². The van der Waals surface area contributed by atoms with Crippen molar-refractivity contribution in [2.75, 3.05) is 20.1 Å². The molecule has 6 nitrogen and oxygen atoms in total. The van der Waals surface area contributed by atoms with E-state index in [0.29, 0.717) is 42.3 Å². The van der Waals surface area contributed by atoms with Crippen molar-refractivity contribution in [1.82, 2.24) is 20.0 Å². The Morgan fingerprint density at radius 2 is 1.70 bits per heavy atom. The number of para-hydroxylation sites is 1. The minimum absolute atomic E-state index is 0.0392. The van der Waals surface area contributed by atoms with Crippen molar-refractivity contribution < 1.29 is 9.59 Å². The van der Waals surface area contributed by atoms with E-state index in [-0.39, 0.29) is 17.7 Å². The number of likely N-dealkylation sites (tertiary alicyclic amines) is 1. The summed E-state index contributed by atoms with van der Waals surface area (Å²) in [5, 5.41) is 8.06. The highest BCUT2D eigenvalue weighted by molar-refractivity contribution is 6.30. The number of benzene rings is 2. The van der Waals surface area contributed by atoms with Crippen LogP contribution in [-0.2, 0) is 4.79 Å². The lowest BCUT2D eigenvalue weighted by molar-refractivity contribution is -0.125. The van der Waals surface area contributed by atoms with Crippen LogP contribution in [0.5, 0.6) is 0 Å². The zero-order chi connectivity index (χ0) is 21.1. The van der Waals surface area contributed by atoms with Crippen LogP contribution in [0, 0.1) is 5.92 Å². The molecule has 0 spiro atoms. The third kappa shape index (κ3) is 4.09. The maximum atomic E-state index is 13.4. The standard InChI is InChI=1S/C23H23ClN4O2/c1-25-22(29)17-11-13-27(14-12-17)23(30)21-15-20(16-7-9-18(24)10-8-16)26-28(21)19-5-3-2-4-6-19/h2-10,15,17H,11-14H2,1H3,(H,25,29). The molecule has 1 fully saturated rings. The van der Waals surface area contributed by atoms with Crippen LogP contribution in [0.25, 0.3) is 16.9 Å². The molecule has 2 heterocycles. The van der Waals surface area contributed by atoms with E-state index < -0.39 is 0 Å². The van der Waals surface area contributed by atoms with Crippen LogP contribution in [0.15, 0.2) is 60.7 Å². The van der Waals surface area contributed by atoms with Gasteiger partial charge < -0.3 is 10.2 Å². The Bertz CT molecular complexity index is 1040. The molecular formula is C23H23ClN4O2. The molecule has 4 rings (SSSR count). The van der Waals surface area contributed by atoms with Gasteiger partial charge in [-0.15, -0.1) is 0 Å². The van der Waals surface area contributed by atoms with Gasteiger partial charge in [-0.3, -0.25) is 9.59 Å². The predicted molar refractivity (Wildman–Crippen MR) is 117 cm³/mol. The van der Waals surface area contributed by atoms with Crippen LogP contribution in [0.4, 0.5) is 0 Å². The van der Waals surface area contributed by atoms with Crippen LogP contribution in [0.2, 0.25) is 5.02 Å². The summed E-state index contributed by atoms with van der Waals surface area (Å²) in [7, 11) is 1.65. The van der Waals surface area contributed by atoms with Gasteiger partial charge in [0.15, 0.2) is 0 Å². The van der Waals surface area contributed by atoms with Crippen molar-refractivity contribution in [1.29, 1.82) is 0 Å². The molecule has 30 heavy (non-hydrogen) atoms. The van der Waals surface area contributed by atoms with Crippen molar-refractivity contribution in [3.05, 3.63) is 71.4 Å². The lowest BCUT2D eigenvalue weighted by Gasteiger charge is -2.31. The zero-order valence-electron chi connectivity index (χ0n) is 16.7. The van der Waals surface area contributed by atoms with Crippen molar-refractivity contribution in [2.45, 2.75) is 12.8 Å². The molecule has 0 unspecified atom stereocenters. The average molecular weight is 423 g/mol. The molecule has 1 aliphatic heterocycles. The first-order valence-corrected chi connectivity index (χ1v) is 10.4. The van der Waals surface area contributed by atoms with Gasteiger partial charge in [0.25, 0.3) is 5.91 Å². The van der Waals surface area contributed by atoms with Crippen molar-refractivity contribution in [2.24, 2.45) is 5.92 Å². The fraction of sp³-hybridized carbons (Fsp3) is 0.261. The van der Waals surface area contributed by atoms with Gasteiger partial charge in [-0.25, -0.2) is 4.68 Å². The van der Waals surface area contributed by atoms with Gasteiger partial charge in [0, 0.05) is 36.6 Å². The maximum absolute atomic E-state index is 13.4. The molecule has 0 bridgehead atoms. The summed E-state index contributed by atoms with van der Waals surface area (Å²) in [6, 6.07) is 18.8. The lowest BCUT2D eigenvalue weighted by Crippen LogP contribution is -2.42. The molecule has 2 amide bonds. The van der Waals surface area contributed by atoms with Crippen LogP contribution < -0.4 is 5.32 Å². The summed E-state index contributed by atoms with van der Waals surface area (Å²) in [6.07, 6.45) is 1.32. The van der Waals surface area contributed by atoms with Gasteiger partial charge in [0.2, 0.25) is 5.91 Å². The number of carbonyl (C=O) groups is 2. The number of hydrogen-bond acceptors (Lipinski definition) is 3. The first-order chi connectivity index (χ1) is 14.6. The predicted octanol–water partition coefficient (Wildman–Crippen LogP) is 3.79. The Morgan fingerprint density at radius 1 is 1.03 bits per heavy atom. The first kappa shape index (κ1) is 20.2.